The Labute approximate surface area is 176 Å². The van der Waals surface area contributed by atoms with Crippen molar-refractivity contribution in [2.75, 3.05) is 26.7 Å². The maximum atomic E-state index is 13.1. The summed E-state index contributed by atoms with van der Waals surface area (Å²) in [6.07, 6.45) is 3.92. The van der Waals surface area contributed by atoms with E-state index < -0.39 is 6.10 Å². The molecule has 1 saturated heterocycles. The van der Waals surface area contributed by atoms with Gasteiger partial charge < -0.3 is 19.9 Å². The van der Waals surface area contributed by atoms with Crippen molar-refractivity contribution >= 4 is 16.8 Å². The summed E-state index contributed by atoms with van der Waals surface area (Å²) in [5.41, 5.74) is 2.93. The highest BCUT2D eigenvalue weighted by Gasteiger charge is 2.23. The number of likely N-dealkylation sites (N-methyl/N-ethyl adjacent to an activating group) is 1. The Hall–Kier alpha value is -2.70. The predicted octanol–water partition coefficient (Wildman–Crippen LogP) is 3.44. The first-order valence-corrected chi connectivity index (χ1v) is 10.5. The smallest absolute Gasteiger partial charge is 0.224 e. The van der Waals surface area contributed by atoms with Crippen LogP contribution in [0.25, 0.3) is 10.9 Å². The highest BCUT2D eigenvalue weighted by molar-refractivity contribution is 5.84. The fourth-order valence-corrected chi connectivity index (χ4v) is 4.31. The van der Waals surface area contributed by atoms with Gasteiger partial charge in [-0.2, -0.15) is 0 Å². The number of piperidine rings is 1. The summed E-state index contributed by atoms with van der Waals surface area (Å²) in [6, 6.07) is 14.8. The van der Waals surface area contributed by atoms with Crippen LogP contribution in [0.2, 0.25) is 0 Å². The van der Waals surface area contributed by atoms with Crippen LogP contribution < -0.4 is 5.32 Å². The molecule has 30 heavy (non-hydrogen) atoms. The lowest BCUT2D eigenvalue weighted by molar-refractivity contribution is -0.119. The Morgan fingerprint density at radius 3 is 2.60 bits per heavy atom. The molecule has 4 rings (SSSR count). The van der Waals surface area contributed by atoms with Crippen molar-refractivity contribution < 1.29 is 14.3 Å². The van der Waals surface area contributed by atoms with Gasteiger partial charge in [-0.25, -0.2) is 4.39 Å². The van der Waals surface area contributed by atoms with Gasteiger partial charge in [0.1, 0.15) is 5.82 Å². The van der Waals surface area contributed by atoms with Gasteiger partial charge >= 0.3 is 0 Å². The third-order valence-corrected chi connectivity index (χ3v) is 6.07. The molecular weight excluding hydrogens is 381 g/mol. The summed E-state index contributed by atoms with van der Waals surface area (Å²) in [5.74, 6) is -0.273. The van der Waals surface area contributed by atoms with Gasteiger partial charge in [-0.15, -0.1) is 0 Å². The summed E-state index contributed by atoms with van der Waals surface area (Å²) in [7, 11) is 1.66. The van der Waals surface area contributed by atoms with E-state index in [9.17, 15) is 14.3 Å². The zero-order chi connectivity index (χ0) is 21.1. The molecule has 0 bridgehead atoms. The number of hydrogen-bond acceptors (Lipinski definition) is 3. The molecule has 158 valence electrons. The predicted molar refractivity (Wildman–Crippen MR) is 116 cm³/mol. The van der Waals surface area contributed by atoms with Gasteiger partial charge in [-0.1, -0.05) is 24.3 Å². The summed E-state index contributed by atoms with van der Waals surface area (Å²) >= 11 is 0. The summed E-state index contributed by atoms with van der Waals surface area (Å²) in [6.45, 7) is 2.36. The van der Waals surface area contributed by atoms with Crippen LogP contribution in [0.4, 0.5) is 4.39 Å². The van der Waals surface area contributed by atoms with Crippen molar-refractivity contribution in [1.29, 1.82) is 0 Å². The average Bonchev–Trinajstić information content (AvgIpc) is 3.18. The van der Waals surface area contributed by atoms with E-state index in [1.54, 1.807) is 19.2 Å². The third kappa shape index (κ3) is 4.55. The minimum Gasteiger partial charge on any atom is -0.387 e. The van der Waals surface area contributed by atoms with Gasteiger partial charge in [0.25, 0.3) is 0 Å². The molecule has 6 heteroatoms. The largest absolute Gasteiger partial charge is 0.387 e. The molecule has 1 aliphatic heterocycles. The second kappa shape index (κ2) is 8.98. The quantitative estimate of drug-likeness (QED) is 0.656. The number of nitrogens with zero attached hydrogens (tertiary/aromatic N) is 2. The molecule has 2 heterocycles. The van der Waals surface area contributed by atoms with Gasteiger partial charge in [0, 0.05) is 44.4 Å². The van der Waals surface area contributed by atoms with Crippen molar-refractivity contribution in [1.82, 2.24) is 14.8 Å². The number of nitrogens with one attached hydrogen (secondary N) is 1. The van der Waals surface area contributed by atoms with Gasteiger partial charge in [-0.3, -0.25) is 4.79 Å². The lowest BCUT2D eigenvalue weighted by Crippen LogP contribution is -2.37. The van der Waals surface area contributed by atoms with Crippen LogP contribution >= 0.6 is 0 Å². The molecule has 0 radical (unpaired) electrons. The Balaban J connectivity index is 1.40. The Morgan fingerprint density at radius 1 is 1.17 bits per heavy atom. The first-order valence-electron chi connectivity index (χ1n) is 10.5. The Kier molecular flexibility index (Phi) is 6.16. The van der Waals surface area contributed by atoms with Gasteiger partial charge in [0.2, 0.25) is 5.91 Å². The number of likely N-dealkylation sites (tertiary alicyclic amines) is 1. The van der Waals surface area contributed by atoms with E-state index in [0.717, 1.165) is 37.1 Å². The number of aliphatic hydroxyl groups is 1. The molecule has 2 aromatic carbocycles. The Bertz CT molecular complexity index is 1010. The van der Waals surface area contributed by atoms with Crippen LogP contribution in [0.5, 0.6) is 0 Å². The molecule has 5 nitrogen and oxygen atoms in total. The molecule has 1 unspecified atom stereocenters. The second-order valence-electron chi connectivity index (χ2n) is 8.07. The van der Waals surface area contributed by atoms with Crippen LogP contribution in [0, 0.1) is 5.82 Å². The molecule has 2 N–H and O–H groups in total. The molecule has 0 spiro atoms. The molecule has 1 amide bonds. The molecule has 1 atom stereocenters. The SMILES string of the molecule is CNC(=O)Cc1ccc2ccn(C3CCN(CC(O)c4ccc(F)cc4)CC3)c2c1. The standard InChI is InChI=1S/C24H28FN3O2/c1-26-24(30)15-17-2-3-18-8-13-28(22(18)14-17)21-9-11-27(12-10-21)16-23(29)19-4-6-20(25)7-5-19/h2-8,13-14,21,23,29H,9-12,15-16H2,1H3,(H,26,30). The lowest BCUT2D eigenvalue weighted by atomic mass is 10.0. The summed E-state index contributed by atoms with van der Waals surface area (Å²) in [4.78, 5) is 14.0. The fraction of sp³-hybridized carbons (Fsp3) is 0.375. The number of aliphatic hydroxyl groups excluding tert-OH is 1. The van der Waals surface area contributed by atoms with Crippen LogP contribution in [0.1, 0.15) is 36.1 Å². The highest BCUT2D eigenvalue weighted by atomic mass is 19.1. The number of carbonyl (C=O) groups is 1. The van der Waals surface area contributed by atoms with Gasteiger partial charge in [0.05, 0.1) is 12.5 Å². The average molecular weight is 410 g/mol. The number of carbonyl (C=O) groups excluding carboxylic acids is 1. The minimum absolute atomic E-state index is 0.0143. The van der Waals surface area contributed by atoms with E-state index in [4.69, 9.17) is 0 Å². The molecule has 1 fully saturated rings. The van der Waals surface area contributed by atoms with Crippen molar-refractivity contribution in [3.8, 4) is 0 Å². The molecule has 1 aromatic heterocycles. The summed E-state index contributed by atoms with van der Waals surface area (Å²) < 4.78 is 15.4. The fourth-order valence-electron chi connectivity index (χ4n) is 4.31. The van der Waals surface area contributed by atoms with Crippen molar-refractivity contribution in [2.45, 2.75) is 31.4 Å². The van der Waals surface area contributed by atoms with Crippen LogP contribution in [-0.4, -0.2) is 47.2 Å². The first-order chi connectivity index (χ1) is 14.5. The van der Waals surface area contributed by atoms with E-state index in [2.05, 4.69) is 39.2 Å². The maximum absolute atomic E-state index is 13.1. The molecule has 1 aliphatic rings. The van der Waals surface area contributed by atoms with Crippen molar-refractivity contribution in [3.63, 3.8) is 0 Å². The molecule has 0 aliphatic carbocycles. The highest BCUT2D eigenvalue weighted by Crippen LogP contribution is 2.29. The van der Waals surface area contributed by atoms with E-state index in [1.807, 2.05) is 6.07 Å². The number of aromatic nitrogens is 1. The monoisotopic (exact) mass is 409 g/mol. The van der Waals surface area contributed by atoms with E-state index in [-0.39, 0.29) is 11.7 Å². The molecule has 0 saturated carbocycles. The third-order valence-electron chi connectivity index (χ3n) is 6.07. The number of benzene rings is 2. The van der Waals surface area contributed by atoms with E-state index in [1.165, 1.54) is 23.0 Å². The van der Waals surface area contributed by atoms with Gasteiger partial charge in [-0.05, 0) is 53.6 Å². The molecular formula is C24H28FN3O2. The normalized spacial score (nSPS) is 16.6. The van der Waals surface area contributed by atoms with Crippen molar-refractivity contribution in [2.24, 2.45) is 0 Å². The summed E-state index contributed by atoms with van der Waals surface area (Å²) in [5, 5.41) is 14.3. The number of fused-ring (bicyclic) bond motifs is 1. The number of amides is 1. The van der Waals surface area contributed by atoms with E-state index in [0.29, 0.717) is 19.0 Å². The second-order valence-corrected chi connectivity index (χ2v) is 8.07. The maximum Gasteiger partial charge on any atom is 0.224 e. The van der Waals surface area contributed by atoms with Crippen molar-refractivity contribution in [3.05, 3.63) is 71.7 Å². The van der Waals surface area contributed by atoms with E-state index >= 15 is 0 Å². The lowest BCUT2D eigenvalue weighted by Gasteiger charge is -2.34. The number of hydrogen-bond donors (Lipinski definition) is 2. The zero-order valence-corrected chi connectivity index (χ0v) is 17.2. The first kappa shape index (κ1) is 20.6. The van der Waals surface area contributed by atoms with Crippen LogP contribution in [0.15, 0.2) is 54.7 Å². The van der Waals surface area contributed by atoms with Crippen LogP contribution in [0.3, 0.4) is 0 Å². The zero-order valence-electron chi connectivity index (χ0n) is 17.2. The Morgan fingerprint density at radius 2 is 1.90 bits per heavy atom. The van der Waals surface area contributed by atoms with Gasteiger partial charge in [0.15, 0.2) is 0 Å². The minimum atomic E-state index is -0.609. The topological polar surface area (TPSA) is 57.5 Å². The number of halogens is 1. The number of rotatable bonds is 6. The van der Waals surface area contributed by atoms with Crippen LogP contribution in [-0.2, 0) is 11.2 Å². The number of β-amino-alcohol motifs (C(OH)–C–C–N with tert-alkyl or cyclic N) is 1. The molecule has 3 aromatic rings.